The van der Waals surface area contributed by atoms with Crippen LogP contribution in [0.3, 0.4) is 0 Å². The van der Waals surface area contributed by atoms with E-state index in [2.05, 4.69) is 26.5 Å². The van der Waals surface area contributed by atoms with E-state index in [0.717, 1.165) is 24.2 Å². The van der Waals surface area contributed by atoms with Gasteiger partial charge in [-0.25, -0.2) is 8.78 Å². The molecule has 1 fully saturated rings. The second kappa shape index (κ2) is 15.3. The summed E-state index contributed by atoms with van der Waals surface area (Å²) in [6, 6.07) is 17.6. The van der Waals surface area contributed by atoms with Crippen molar-refractivity contribution < 1.29 is 18.4 Å². The topological polar surface area (TPSA) is 67.9 Å². The number of likely N-dealkylation sites (N-methyl/N-ethyl adjacent to an activating group) is 1. The van der Waals surface area contributed by atoms with Gasteiger partial charge < -0.3 is 20.4 Å². The van der Waals surface area contributed by atoms with Crippen LogP contribution in [-0.4, -0.2) is 84.4 Å². The summed E-state index contributed by atoms with van der Waals surface area (Å²) in [5, 5.41) is 6.96. The third kappa shape index (κ3) is 8.08. The molecule has 3 aromatic carbocycles. The first-order valence-electron chi connectivity index (χ1n) is 15.8. The van der Waals surface area contributed by atoms with Crippen LogP contribution in [0.2, 0.25) is 5.02 Å². The Bertz CT molecular complexity index is 1440. The average molecular weight is 638 g/mol. The maximum Gasteiger partial charge on any atom is 0.245 e. The number of hydrogen-bond donors (Lipinski definition) is 2. The van der Waals surface area contributed by atoms with Gasteiger partial charge in [0.1, 0.15) is 17.7 Å². The minimum atomic E-state index is -0.778. The van der Waals surface area contributed by atoms with E-state index in [-0.39, 0.29) is 17.4 Å². The first-order valence-corrected chi connectivity index (χ1v) is 16.2. The maximum atomic E-state index is 15.0. The van der Waals surface area contributed by atoms with Gasteiger partial charge in [0, 0.05) is 56.3 Å². The van der Waals surface area contributed by atoms with E-state index in [1.54, 1.807) is 17.0 Å². The lowest BCUT2D eigenvalue weighted by molar-refractivity contribution is -0.138. The van der Waals surface area contributed by atoms with Crippen molar-refractivity contribution in [1.82, 2.24) is 25.3 Å². The number of benzene rings is 3. The van der Waals surface area contributed by atoms with Gasteiger partial charge in [-0.05, 0) is 60.5 Å². The second-order valence-corrected chi connectivity index (χ2v) is 12.2. The molecule has 0 bridgehead atoms. The number of hydrogen-bond acceptors (Lipinski definition) is 5. The molecule has 1 saturated heterocycles. The molecule has 0 aromatic heterocycles. The number of nitrogens with zero attached hydrogens (tertiary/aromatic N) is 3. The molecule has 2 heterocycles. The SMILES string of the molecule is CCN(CC)CC(c1c(F)cccc1F)N1CCN(C(=O)C(Cc2ccc(Cl)cc2)NC(=O)C2Cc3ccccc3CN2)CC1. The van der Waals surface area contributed by atoms with Gasteiger partial charge in [-0.15, -0.1) is 0 Å². The molecule has 2 amide bonds. The lowest BCUT2D eigenvalue weighted by Gasteiger charge is -2.42. The Hall–Kier alpha value is -3.37. The van der Waals surface area contributed by atoms with E-state index in [9.17, 15) is 9.59 Å². The van der Waals surface area contributed by atoms with Crippen molar-refractivity contribution in [2.75, 3.05) is 45.8 Å². The number of amides is 2. The first-order chi connectivity index (χ1) is 21.8. The van der Waals surface area contributed by atoms with Crippen LogP contribution in [-0.2, 0) is 29.0 Å². The van der Waals surface area contributed by atoms with Crippen LogP contribution in [0.25, 0.3) is 0 Å². The van der Waals surface area contributed by atoms with Crippen LogP contribution in [0.15, 0.2) is 66.7 Å². The van der Waals surface area contributed by atoms with E-state index in [0.29, 0.717) is 57.1 Å². The number of fused-ring (bicyclic) bond motifs is 1. The number of halogens is 3. The summed E-state index contributed by atoms with van der Waals surface area (Å²) in [4.78, 5) is 33.5. The van der Waals surface area contributed by atoms with Crippen molar-refractivity contribution in [3.8, 4) is 0 Å². The van der Waals surface area contributed by atoms with Crippen molar-refractivity contribution in [1.29, 1.82) is 0 Å². The van der Waals surface area contributed by atoms with Crippen molar-refractivity contribution in [3.05, 3.63) is 106 Å². The predicted molar refractivity (Wildman–Crippen MR) is 173 cm³/mol. The standard InChI is InChI=1S/C35H42ClF2N5O2/c1-3-41(4-2)23-32(33-28(37)10-7-11-29(33)38)42-16-18-43(19-17-42)35(45)31(20-24-12-14-27(36)15-13-24)40-34(44)30-21-25-8-5-6-9-26(25)22-39-30/h5-15,30-32,39H,3-4,16-23H2,1-2H3,(H,40,44). The van der Waals surface area contributed by atoms with E-state index < -0.39 is 29.8 Å². The fraction of sp³-hybridized carbons (Fsp3) is 0.429. The third-order valence-corrected chi connectivity index (χ3v) is 9.34. The number of rotatable bonds is 11. The molecule has 2 aliphatic heterocycles. The molecule has 0 saturated carbocycles. The molecule has 3 unspecified atom stereocenters. The summed E-state index contributed by atoms with van der Waals surface area (Å²) in [5.41, 5.74) is 3.24. The molecule has 7 nitrogen and oxygen atoms in total. The lowest BCUT2D eigenvalue weighted by Crippen LogP contribution is -2.58. The van der Waals surface area contributed by atoms with Crippen molar-refractivity contribution >= 4 is 23.4 Å². The van der Waals surface area contributed by atoms with Gasteiger partial charge in [-0.1, -0.05) is 67.9 Å². The number of piperazine rings is 1. The van der Waals surface area contributed by atoms with Crippen LogP contribution in [0.1, 0.15) is 42.1 Å². The summed E-state index contributed by atoms with van der Waals surface area (Å²) in [5.74, 6) is -1.51. The summed E-state index contributed by atoms with van der Waals surface area (Å²) in [6.07, 6.45) is 0.860. The van der Waals surface area contributed by atoms with Crippen LogP contribution in [0.5, 0.6) is 0 Å². The second-order valence-electron chi connectivity index (χ2n) is 11.8. The van der Waals surface area contributed by atoms with Gasteiger partial charge in [0.05, 0.1) is 12.1 Å². The van der Waals surface area contributed by atoms with Crippen molar-refractivity contribution in [3.63, 3.8) is 0 Å². The largest absolute Gasteiger partial charge is 0.343 e. The van der Waals surface area contributed by atoms with Crippen molar-refractivity contribution in [2.24, 2.45) is 0 Å². The predicted octanol–water partition coefficient (Wildman–Crippen LogP) is 4.59. The lowest BCUT2D eigenvalue weighted by atomic mass is 9.95. The van der Waals surface area contributed by atoms with Gasteiger partial charge in [-0.3, -0.25) is 14.5 Å². The molecular weight excluding hydrogens is 596 g/mol. The van der Waals surface area contributed by atoms with Gasteiger partial charge in [-0.2, -0.15) is 0 Å². The zero-order valence-electron chi connectivity index (χ0n) is 25.9. The first kappa shape index (κ1) is 33.0. The molecular formula is C35H42ClF2N5O2. The molecule has 2 N–H and O–H groups in total. The van der Waals surface area contributed by atoms with Gasteiger partial charge >= 0.3 is 0 Å². The third-order valence-electron chi connectivity index (χ3n) is 9.09. The summed E-state index contributed by atoms with van der Waals surface area (Å²) in [6.45, 7) is 8.32. The van der Waals surface area contributed by atoms with E-state index in [1.807, 2.05) is 44.2 Å². The Morgan fingerprint density at radius 3 is 2.22 bits per heavy atom. The van der Waals surface area contributed by atoms with E-state index in [1.165, 1.54) is 23.8 Å². The van der Waals surface area contributed by atoms with Gasteiger partial charge in [0.15, 0.2) is 0 Å². The highest BCUT2D eigenvalue weighted by atomic mass is 35.5. The Morgan fingerprint density at radius 1 is 0.933 bits per heavy atom. The van der Waals surface area contributed by atoms with Crippen LogP contribution >= 0.6 is 11.6 Å². The Labute approximate surface area is 269 Å². The zero-order chi connectivity index (χ0) is 31.9. The highest BCUT2D eigenvalue weighted by molar-refractivity contribution is 6.30. The number of carbonyl (C=O) groups is 2. The molecule has 0 aliphatic carbocycles. The molecule has 5 rings (SSSR count). The smallest absolute Gasteiger partial charge is 0.245 e. The van der Waals surface area contributed by atoms with Crippen LogP contribution < -0.4 is 10.6 Å². The van der Waals surface area contributed by atoms with Gasteiger partial charge in [0.25, 0.3) is 0 Å². The van der Waals surface area contributed by atoms with E-state index >= 15 is 8.78 Å². The molecule has 240 valence electrons. The molecule has 2 aliphatic rings. The molecule has 0 radical (unpaired) electrons. The minimum Gasteiger partial charge on any atom is -0.343 e. The molecule has 45 heavy (non-hydrogen) atoms. The number of nitrogens with one attached hydrogen (secondary N) is 2. The van der Waals surface area contributed by atoms with E-state index in [4.69, 9.17) is 11.6 Å². The van der Waals surface area contributed by atoms with Crippen LogP contribution in [0, 0.1) is 11.6 Å². The Morgan fingerprint density at radius 2 is 1.58 bits per heavy atom. The Kier molecular flexibility index (Phi) is 11.2. The quantitative estimate of drug-likeness (QED) is 0.322. The van der Waals surface area contributed by atoms with Gasteiger partial charge in [0.2, 0.25) is 11.8 Å². The highest BCUT2D eigenvalue weighted by Gasteiger charge is 2.35. The molecule has 0 spiro atoms. The van der Waals surface area contributed by atoms with Crippen molar-refractivity contribution in [2.45, 2.75) is 51.4 Å². The highest BCUT2D eigenvalue weighted by Crippen LogP contribution is 2.29. The van der Waals surface area contributed by atoms with Crippen LogP contribution in [0.4, 0.5) is 8.78 Å². The number of carbonyl (C=O) groups excluding carboxylic acids is 2. The fourth-order valence-electron chi connectivity index (χ4n) is 6.39. The molecule has 3 atom stereocenters. The minimum absolute atomic E-state index is 0.0682. The Balaban J connectivity index is 1.30. The molecule has 10 heteroatoms. The fourth-order valence-corrected chi connectivity index (χ4v) is 6.51. The molecule has 3 aromatic rings. The summed E-state index contributed by atoms with van der Waals surface area (Å²) >= 11 is 6.10. The normalized spacial score (nSPS) is 18.4. The maximum absolute atomic E-state index is 15.0. The average Bonchev–Trinajstić information content (AvgIpc) is 3.06. The zero-order valence-corrected chi connectivity index (χ0v) is 26.7. The summed E-state index contributed by atoms with van der Waals surface area (Å²) in [7, 11) is 0. The monoisotopic (exact) mass is 637 g/mol. The summed E-state index contributed by atoms with van der Waals surface area (Å²) < 4.78 is 30.0.